The Kier molecular flexibility index (Phi) is 5.26. The third-order valence-electron chi connectivity index (χ3n) is 3.54. The van der Waals surface area contributed by atoms with Crippen molar-refractivity contribution in [1.29, 1.82) is 0 Å². The van der Waals surface area contributed by atoms with Gasteiger partial charge in [0.25, 0.3) is 5.69 Å². The Morgan fingerprint density at radius 1 is 1.33 bits per heavy atom. The van der Waals surface area contributed by atoms with Gasteiger partial charge in [0, 0.05) is 19.2 Å². The summed E-state index contributed by atoms with van der Waals surface area (Å²) in [6, 6.07) is 3.34. The van der Waals surface area contributed by atoms with Crippen LogP contribution in [0, 0.1) is 16.0 Å². The maximum Gasteiger partial charge on any atom is 0.294 e. The number of hydrazine groups is 1. The first-order valence-electron chi connectivity index (χ1n) is 6.36. The van der Waals surface area contributed by atoms with E-state index >= 15 is 0 Å². The summed E-state index contributed by atoms with van der Waals surface area (Å²) in [6.45, 7) is 5.59. The van der Waals surface area contributed by atoms with Gasteiger partial charge in [-0.05, 0) is 25.0 Å². The molecule has 0 saturated heterocycles. The summed E-state index contributed by atoms with van der Waals surface area (Å²) in [7, 11) is -2.34. The van der Waals surface area contributed by atoms with Gasteiger partial charge < -0.3 is 5.43 Å². The highest BCUT2D eigenvalue weighted by Crippen LogP contribution is 2.29. The first kappa shape index (κ1) is 17.3. The van der Waals surface area contributed by atoms with Crippen LogP contribution < -0.4 is 11.3 Å². The standard InChI is InChI=1S/C12H20N4O4S/c1-8(2)9(3)15(4)21(19,20)10-5-6-11(14-13)12(7-10)16(17)18/h5-9,14H,13H2,1-4H3. The Balaban J connectivity index is 3.33. The number of nitrogens with one attached hydrogen (secondary N) is 1. The second kappa shape index (κ2) is 6.37. The van der Waals surface area contributed by atoms with Gasteiger partial charge in [-0.3, -0.25) is 16.0 Å². The number of sulfonamides is 1. The number of nitro groups is 1. The fourth-order valence-corrected chi connectivity index (χ4v) is 3.26. The predicted octanol–water partition coefficient (Wildman–Crippen LogP) is 1.55. The fourth-order valence-electron chi connectivity index (χ4n) is 1.75. The van der Waals surface area contributed by atoms with E-state index in [2.05, 4.69) is 5.43 Å². The summed E-state index contributed by atoms with van der Waals surface area (Å²) in [6.07, 6.45) is 0. The Labute approximate surface area is 124 Å². The minimum absolute atomic E-state index is 0.0542. The van der Waals surface area contributed by atoms with Crippen molar-refractivity contribution in [1.82, 2.24) is 4.31 Å². The van der Waals surface area contributed by atoms with Gasteiger partial charge in [-0.2, -0.15) is 4.31 Å². The van der Waals surface area contributed by atoms with Gasteiger partial charge >= 0.3 is 0 Å². The quantitative estimate of drug-likeness (QED) is 0.467. The van der Waals surface area contributed by atoms with Crippen LogP contribution in [0.1, 0.15) is 20.8 Å². The van der Waals surface area contributed by atoms with E-state index in [4.69, 9.17) is 5.84 Å². The van der Waals surface area contributed by atoms with Crippen molar-refractivity contribution in [3.8, 4) is 0 Å². The van der Waals surface area contributed by atoms with E-state index in [9.17, 15) is 18.5 Å². The van der Waals surface area contributed by atoms with Crippen LogP contribution in [-0.4, -0.2) is 30.7 Å². The third kappa shape index (κ3) is 3.49. The molecule has 1 atom stereocenters. The Morgan fingerprint density at radius 2 is 1.90 bits per heavy atom. The molecular formula is C12H20N4O4S. The first-order chi connectivity index (χ1) is 9.62. The highest BCUT2D eigenvalue weighted by atomic mass is 32.2. The van der Waals surface area contributed by atoms with Gasteiger partial charge in [0.15, 0.2) is 0 Å². The molecule has 1 aromatic rings. The van der Waals surface area contributed by atoms with Crippen LogP contribution in [0.2, 0.25) is 0 Å². The number of rotatable bonds is 6. The van der Waals surface area contributed by atoms with Gasteiger partial charge in [0.2, 0.25) is 10.0 Å². The zero-order valence-corrected chi connectivity index (χ0v) is 13.2. The van der Waals surface area contributed by atoms with Crippen molar-refractivity contribution in [2.24, 2.45) is 11.8 Å². The number of hydrogen-bond donors (Lipinski definition) is 2. The smallest absolute Gasteiger partial charge is 0.294 e. The van der Waals surface area contributed by atoms with E-state index in [0.717, 1.165) is 6.07 Å². The molecule has 0 aromatic heterocycles. The van der Waals surface area contributed by atoms with E-state index in [1.54, 1.807) is 6.92 Å². The average Bonchev–Trinajstić information content (AvgIpc) is 2.44. The molecule has 0 radical (unpaired) electrons. The number of hydrogen-bond acceptors (Lipinski definition) is 6. The summed E-state index contributed by atoms with van der Waals surface area (Å²) in [5.41, 5.74) is 1.84. The van der Waals surface area contributed by atoms with Crippen molar-refractivity contribution >= 4 is 21.4 Å². The molecule has 0 saturated carbocycles. The third-order valence-corrected chi connectivity index (χ3v) is 5.48. The summed E-state index contributed by atoms with van der Waals surface area (Å²) >= 11 is 0. The summed E-state index contributed by atoms with van der Waals surface area (Å²) in [5, 5.41) is 11.0. The second-order valence-electron chi connectivity index (χ2n) is 5.09. The Morgan fingerprint density at radius 3 is 2.33 bits per heavy atom. The van der Waals surface area contributed by atoms with Crippen LogP contribution in [0.15, 0.2) is 23.1 Å². The fraction of sp³-hybridized carbons (Fsp3) is 0.500. The molecule has 1 aromatic carbocycles. The summed E-state index contributed by atoms with van der Waals surface area (Å²) in [4.78, 5) is 10.2. The molecule has 0 aliphatic rings. The number of nitrogens with zero attached hydrogens (tertiary/aromatic N) is 2. The van der Waals surface area contributed by atoms with Gasteiger partial charge in [-0.15, -0.1) is 0 Å². The number of nitro benzene ring substituents is 1. The zero-order chi connectivity index (χ0) is 16.4. The normalized spacial score (nSPS) is 13.5. The molecule has 0 amide bonds. The maximum atomic E-state index is 12.5. The van der Waals surface area contributed by atoms with Gasteiger partial charge in [0.1, 0.15) is 5.69 Å². The second-order valence-corrected chi connectivity index (χ2v) is 7.08. The highest BCUT2D eigenvalue weighted by Gasteiger charge is 2.29. The lowest BCUT2D eigenvalue weighted by atomic mass is 10.1. The van der Waals surface area contributed by atoms with Crippen molar-refractivity contribution in [2.45, 2.75) is 31.7 Å². The van der Waals surface area contributed by atoms with Gasteiger partial charge in [-0.25, -0.2) is 8.42 Å². The molecular weight excluding hydrogens is 296 g/mol. The van der Waals surface area contributed by atoms with Crippen LogP contribution in [-0.2, 0) is 10.0 Å². The van der Waals surface area contributed by atoms with Crippen molar-refractivity contribution < 1.29 is 13.3 Å². The molecule has 0 aliphatic heterocycles. The Bertz CT molecular complexity index is 630. The molecule has 0 heterocycles. The van der Waals surface area contributed by atoms with Gasteiger partial charge in [-0.1, -0.05) is 13.8 Å². The van der Waals surface area contributed by atoms with Crippen LogP contribution in [0.25, 0.3) is 0 Å². The van der Waals surface area contributed by atoms with E-state index in [1.807, 2.05) is 13.8 Å². The van der Waals surface area contributed by atoms with Crippen molar-refractivity contribution in [3.63, 3.8) is 0 Å². The topological polar surface area (TPSA) is 119 Å². The maximum absolute atomic E-state index is 12.5. The monoisotopic (exact) mass is 316 g/mol. The van der Waals surface area contributed by atoms with E-state index < -0.39 is 14.9 Å². The molecule has 0 aliphatic carbocycles. The SMILES string of the molecule is CC(C)C(C)N(C)S(=O)(=O)c1ccc(NN)c([N+](=O)[O-])c1. The van der Waals surface area contributed by atoms with Crippen LogP contribution in [0.5, 0.6) is 0 Å². The molecule has 0 fully saturated rings. The largest absolute Gasteiger partial charge is 0.318 e. The van der Waals surface area contributed by atoms with E-state index in [0.29, 0.717) is 0 Å². The minimum Gasteiger partial charge on any atom is -0.318 e. The van der Waals surface area contributed by atoms with Crippen LogP contribution in [0.4, 0.5) is 11.4 Å². The molecule has 8 nitrogen and oxygen atoms in total. The molecule has 118 valence electrons. The van der Waals surface area contributed by atoms with Crippen molar-refractivity contribution in [3.05, 3.63) is 28.3 Å². The lowest BCUT2D eigenvalue weighted by molar-refractivity contribution is -0.384. The first-order valence-corrected chi connectivity index (χ1v) is 7.80. The van der Waals surface area contributed by atoms with Crippen molar-refractivity contribution in [2.75, 3.05) is 12.5 Å². The number of nitrogens with two attached hydrogens (primary N) is 1. The molecule has 1 unspecified atom stereocenters. The summed E-state index contributed by atoms with van der Waals surface area (Å²) < 4.78 is 26.2. The lowest BCUT2D eigenvalue weighted by Crippen LogP contribution is -2.38. The van der Waals surface area contributed by atoms with Crippen LogP contribution >= 0.6 is 0 Å². The lowest BCUT2D eigenvalue weighted by Gasteiger charge is -2.27. The van der Waals surface area contributed by atoms with E-state index in [-0.39, 0.29) is 28.2 Å². The zero-order valence-electron chi connectivity index (χ0n) is 12.4. The van der Waals surface area contributed by atoms with E-state index in [1.165, 1.54) is 23.5 Å². The van der Waals surface area contributed by atoms with Crippen LogP contribution in [0.3, 0.4) is 0 Å². The molecule has 9 heteroatoms. The molecule has 1 rings (SSSR count). The Hall–Kier alpha value is -1.71. The van der Waals surface area contributed by atoms with Gasteiger partial charge in [0.05, 0.1) is 9.82 Å². The highest BCUT2D eigenvalue weighted by molar-refractivity contribution is 7.89. The molecule has 21 heavy (non-hydrogen) atoms. The molecule has 0 bridgehead atoms. The molecule has 3 N–H and O–H groups in total. The average molecular weight is 316 g/mol. The molecule has 0 spiro atoms. The number of benzene rings is 1. The number of nitrogen functional groups attached to an aromatic ring is 1. The summed E-state index contributed by atoms with van der Waals surface area (Å²) in [5.74, 6) is 5.30. The number of anilines is 1. The minimum atomic E-state index is -3.80. The predicted molar refractivity (Wildman–Crippen MR) is 80.2 cm³/mol.